The van der Waals surface area contributed by atoms with Gasteiger partial charge in [0, 0.05) is 13.1 Å². The normalized spacial score (nSPS) is 10.9. The Morgan fingerprint density at radius 3 is 2.70 bits per heavy atom. The molecule has 0 saturated heterocycles. The van der Waals surface area contributed by atoms with Crippen molar-refractivity contribution in [2.24, 2.45) is 0 Å². The third kappa shape index (κ3) is 3.40. The topological polar surface area (TPSA) is 76.9 Å². The first-order valence-electron chi connectivity index (χ1n) is 7.59. The Morgan fingerprint density at radius 1 is 1.13 bits per heavy atom. The van der Waals surface area contributed by atoms with Crippen LogP contribution in [0.2, 0.25) is 0 Å². The SMILES string of the molecule is CCn1cnc2c(NNCCc3ccc(OC)cc3)ncnc21. The fourth-order valence-corrected chi connectivity index (χ4v) is 2.35. The van der Waals surface area contributed by atoms with Crippen LogP contribution in [0.3, 0.4) is 0 Å². The number of nitrogens with zero attached hydrogens (tertiary/aromatic N) is 4. The lowest BCUT2D eigenvalue weighted by Crippen LogP contribution is -2.25. The zero-order valence-electron chi connectivity index (χ0n) is 13.3. The van der Waals surface area contributed by atoms with Gasteiger partial charge in [-0.3, -0.25) is 0 Å². The maximum Gasteiger partial charge on any atom is 0.171 e. The quantitative estimate of drug-likeness (QED) is 0.513. The fraction of sp³-hybridized carbons (Fsp3) is 0.312. The summed E-state index contributed by atoms with van der Waals surface area (Å²) < 4.78 is 7.14. The molecule has 1 aromatic carbocycles. The van der Waals surface area contributed by atoms with Gasteiger partial charge in [0.2, 0.25) is 0 Å². The van der Waals surface area contributed by atoms with Gasteiger partial charge in [-0.15, -0.1) is 0 Å². The molecule has 0 unspecified atom stereocenters. The minimum atomic E-state index is 0.692. The van der Waals surface area contributed by atoms with E-state index in [1.54, 1.807) is 19.8 Å². The highest BCUT2D eigenvalue weighted by Gasteiger charge is 2.08. The van der Waals surface area contributed by atoms with Crippen LogP contribution in [0, 0.1) is 0 Å². The van der Waals surface area contributed by atoms with Gasteiger partial charge in [-0.1, -0.05) is 12.1 Å². The first-order chi connectivity index (χ1) is 11.3. The summed E-state index contributed by atoms with van der Waals surface area (Å²) in [4.78, 5) is 12.9. The van der Waals surface area contributed by atoms with E-state index < -0.39 is 0 Å². The van der Waals surface area contributed by atoms with Crippen LogP contribution in [0.4, 0.5) is 5.82 Å². The zero-order valence-corrected chi connectivity index (χ0v) is 13.3. The van der Waals surface area contributed by atoms with E-state index in [1.807, 2.05) is 16.7 Å². The summed E-state index contributed by atoms with van der Waals surface area (Å²) >= 11 is 0. The molecule has 0 aliphatic heterocycles. The number of aromatic nitrogens is 4. The lowest BCUT2D eigenvalue weighted by atomic mass is 10.1. The summed E-state index contributed by atoms with van der Waals surface area (Å²) in [7, 11) is 1.67. The monoisotopic (exact) mass is 312 g/mol. The molecule has 120 valence electrons. The highest BCUT2D eigenvalue weighted by atomic mass is 16.5. The number of aryl methyl sites for hydroxylation is 1. The molecule has 0 fully saturated rings. The molecule has 0 aliphatic rings. The van der Waals surface area contributed by atoms with Crippen LogP contribution in [0.15, 0.2) is 36.9 Å². The molecule has 7 heteroatoms. The summed E-state index contributed by atoms with van der Waals surface area (Å²) in [5, 5.41) is 0. The molecular weight excluding hydrogens is 292 g/mol. The summed E-state index contributed by atoms with van der Waals surface area (Å²) in [5.74, 6) is 1.56. The lowest BCUT2D eigenvalue weighted by Gasteiger charge is -2.08. The number of imidazole rings is 1. The van der Waals surface area contributed by atoms with E-state index in [9.17, 15) is 0 Å². The maximum absolute atomic E-state index is 5.15. The number of methoxy groups -OCH3 is 1. The Balaban J connectivity index is 1.57. The van der Waals surface area contributed by atoms with Crippen LogP contribution in [-0.4, -0.2) is 33.2 Å². The number of anilines is 1. The maximum atomic E-state index is 5.15. The van der Waals surface area contributed by atoms with Crippen molar-refractivity contribution in [3.8, 4) is 5.75 Å². The van der Waals surface area contributed by atoms with E-state index in [0.29, 0.717) is 5.82 Å². The van der Waals surface area contributed by atoms with Gasteiger partial charge in [-0.25, -0.2) is 20.4 Å². The number of fused-ring (bicyclic) bond motifs is 1. The van der Waals surface area contributed by atoms with Crippen LogP contribution >= 0.6 is 0 Å². The Labute approximate surface area is 134 Å². The highest BCUT2D eigenvalue weighted by Crippen LogP contribution is 2.16. The molecule has 3 rings (SSSR count). The second-order valence-electron chi connectivity index (χ2n) is 5.07. The number of hydrogen-bond acceptors (Lipinski definition) is 6. The van der Waals surface area contributed by atoms with Gasteiger partial charge in [0.1, 0.15) is 12.1 Å². The van der Waals surface area contributed by atoms with Crippen molar-refractivity contribution >= 4 is 17.0 Å². The third-order valence-corrected chi connectivity index (χ3v) is 3.65. The molecule has 0 spiro atoms. The Hall–Kier alpha value is -2.67. The molecule has 0 radical (unpaired) electrons. The van der Waals surface area contributed by atoms with E-state index in [2.05, 4.69) is 44.9 Å². The molecule has 0 saturated carbocycles. The third-order valence-electron chi connectivity index (χ3n) is 3.65. The highest BCUT2D eigenvalue weighted by molar-refractivity contribution is 5.82. The second kappa shape index (κ2) is 7.06. The molecule has 3 aromatic rings. The second-order valence-corrected chi connectivity index (χ2v) is 5.07. The number of ether oxygens (including phenoxy) is 1. The average Bonchev–Trinajstić information content (AvgIpc) is 3.03. The minimum Gasteiger partial charge on any atom is -0.497 e. The van der Waals surface area contributed by atoms with Crippen LogP contribution in [0.1, 0.15) is 12.5 Å². The van der Waals surface area contributed by atoms with Crippen molar-refractivity contribution in [1.82, 2.24) is 24.9 Å². The van der Waals surface area contributed by atoms with E-state index >= 15 is 0 Å². The molecule has 0 aliphatic carbocycles. The van der Waals surface area contributed by atoms with E-state index in [0.717, 1.165) is 36.4 Å². The number of hydrogen-bond donors (Lipinski definition) is 2. The molecule has 2 N–H and O–H groups in total. The molecule has 23 heavy (non-hydrogen) atoms. The van der Waals surface area contributed by atoms with Crippen molar-refractivity contribution in [2.45, 2.75) is 19.9 Å². The molecule has 2 heterocycles. The van der Waals surface area contributed by atoms with E-state index in [-0.39, 0.29) is 0 Å². The predicted octanol–water partition coefficient (Wildman–Crippen LogP) is 2.01. The van der Waals surface area contributed by atoms with Crippen molar-refractivity contribution in [3.63, 3.8) is 0 Å². The smallest absolute Gasteiger partial charge is 0.171 e. The molecule has 2 aromatic heterocycles. The molecular formula is C16H20N6O. The van der Waals surface area contributed by atoms with Gasteiger partial charge in [0.05, 0.1) is 13.4 Å². The number of benzene rings is 1. The largest absolute Gasteiger partial charge is 0.497 e. The van der Waals surface area contributed by atoms with E-state index in [4.69, 9.17) is 4.74 Å². The number of nitrogens with one attached hydrogen (secondary N) is 2. The zero-order chi connectivity index (χ0) is 16.1. The minimum absolute atomic E-state index is 0.692. The average molecular weight is 312 g/mol. The van der Waals surface area contributed by atoms with Crippen LogP contribution in [-0.2, 0) is 13.0 Å². The molecule has 0 atom stereocenters. The van der Waals surface area contributed by atoms with Gasteiger partial charge in [0.25, 0.3) is 0 Å². The van der Waals surface area contributed by atoms with Crippen molar-refractivity contribution in [2.75, 3.05) is 19.1 Å². The Bertz CT molecular complexity index is 768. The summed E-state index contributed by atoms with van der Waals surface area (Å²) in [6.45, 7) is 3.66. The summed E-state index contributed by atoms with van der Waals surface area (Å²) in [5.41, 5.74) is 9.14. The van der Waals surface area contributed by atoms with Crippen LogP contribution < -0.4 is 15.6 Å². The molecule has 0 bridgehead atoms. The first-order valence-corrected chi connectivity index (χ1v) is 7.59. The molecule has 7 nitrogen and oxygen atoms in total. The standard InChI is InChI=1S/C16H20N6O/c1-3-22-11-19-14-15(17-10-18-16(14)22)21-20-9-8-12-4-6-13(23-2)7-5-12/h4-7,10-11,20H,3,8-9H2,1-2H3,(H,17,18,21). The Morgan fingerprint density at radius 2 is 1.96 bits per heavy atom. The van der Waals surface area contributed by atoms with Crippen molar-refractivity contribution in [1.29, 1.82) is 0 Å². The van der Waals surface area contributed by atoms with Gasteiger partial charge < -0.3 is 14.7 Å². The van der Waals surface area contributed by atoms with E-state index in [1.165, 1.54) is 5.56 Å². The summed E-state index contributed by atoms with van der Waals surface area (Å²) in [6, 6.07) is 8.06. The number of hydrazine groups is 1. The fourth-order valence-electron chi connectivity index (χ4n) is 2.35. The van der Waals surface area contributed by atoms with Gasteiger partial charge in [-0.2, -0.15) is 0 Å². The van der Waals surface area contributed by atoms with Crippen molar-refractivity contribution in [3.05, 3.63) is 42.5 Å². The van der Waals surface area contributed by atoms with Gasteiger partial charge >= 0.3 is 0 Å². The first kappa shape index (κ1) is 15.2. The Kier molecular flexibility index (Phi) is 4.68. The van der Waals surface area contributed by atoms with Crippen LogP contribution in [0.5, 0.6) is 5.75 Å². The predicted molar refractivity (Wildman–Crippen MR) is 89.3 cm³/mol. The number of rotatable bonds is 7. The van der Waals surface area contributed by atoms with Crippen molar-refractivity contribution < 1.29 is 4.74 Å². The summed E-state index contributed by atoms with van der Waals surface area (Å²) in [6.07, 6.45) is 4.22. The van der Waals surface area contributed by atoms with Gasteiger partial charge in [0.15, 0.2) is 17.0 Å². The lowest BCUT2D eigenvalue weighted by molar-refractivity contribution is 0.414. The van der Waals surface area contributed by atoms with Crippen LogP contribution in [0.25, 0.3) is 11.2 Å². The molecule has 0 amide bonds. The van der Waals surface area contributed by atoms with Gasteiger partial charge in [-0.05, 0) is 31.0 Å².